The number of aromatic amines is 1. The van der Waals surface area contributed by atoms with Crippen molar-refractivity contribution in [1.82, 2.24) is 9.97 Å². The number of carbonyl (C=O) groups is 1. The topological polar surface area (TPSA) is 81.6 Å². The highest BCUT2D eigenvalue weighted by atomic mass is 16.1. The number of amides is 1. The smallest absolute Gasteiger partial charge is 0.255 e. The lowest BCUT2D eigenvalue weighted by atomic mass is 10.1. The van der Waals surface area contributed by atoms with Gasteiger partial charge >= 0.3 is 0 Å². The molecular formula is C21H14N4O. The molecule has 0 atom stereocenters. The number of carbonyl (C=O) groups excluding carboxylic acids is 1. The van der Waals surface area contributed by atoms with Crippen molar-refractivity contribution in [3.05, 3.63) is 83.9 Å². The van der Waals surface area contributed by atoms with Crippen molar-refractivity contribution < 1.29 is 4.79 Å². The summed E-state index contributed by atoms with van der Waals surface area (Å²) in [7, 11) is 0. The van der Waals surface area contributed by atoms with E-state index in [4.69, 9.17) is 5.26 Å². The average Bonchev–Trinajstić information content (AvgIpc) is 3.12. The summed E-state index contributed by atoms with van der Waals surface area (Å²) in [5.74, 6) is 0.484. The number of aromatic nitrogens is 2. The van der Waals surface area contributed by atoms with Crippen LogP contribution in [0.4, 0.5) is 5.69 Å². The fourth-order valence-electron chi connectivity index (χ4n) is 2.77. The number of rotatable bonds is 3. The summed E-state index contributed by atoms with van der Waals surface area (Å²) in [5, 5.41) is 11.8. The van der Waals surface area contributed by atoms with Crippen molar-refractivity contribution in [2.45, 2.75) is 0 Å². The lowest BCUT2D eigenvalue weighted by Crippen LogP contribution is -2.12. The Morgan fingerprint density at radius 2 is 1.85 bits per heavy atom. The monoisotopic (exact) mass is 338 g/mol. The Morgan fingerprint density at radius 3 is 2.69 bits per heavy atom. The quantitative estimate of drug-likeness (QED) is 0.582. The Labute approximate surface area is 149 Å². The van der Waals surface area contributed by atoms with Crippen LogP contribution in [0.25, 0.3) is 22.4 Å². The second-order valence-corrected chi connectivity index (χ2v) is 5.83. The van der Waals surface area contributed by atoms with Crippen molar-refractivity contribution in [2.75, 3.05) is 5.32 Å². The van der Waals surface area contributed by atoms with Crippen molar-refractivity contribution in [2.24, 2.45) is 0 Å². The predicted octanol–water partition coefficient (Wildman–Crippen LogP) is 4.35. The van der Waals surface area contributed by atoms with Gasteiger partial charge in [0.25, 0.3) is 5.91 Å². The van der Waals surface area contributed by atoms with Gasteiger partial charge in [0.15, 0.2) is 0 Å². The van der Waals surface area contributed by atoms with Crippen LogP contribution in [0.3, 0.4) is 0 Å². The number of hydrogen-bond acceptors (Lipinski definition) is 3. The van der Waals surface area contributed by atoms with Gasteiger partial charge in [-0.3, -0.25) is 4.79 Å². The zero-order valence-electron chi connectivity index (χ0n) is 13.7. The number of anilines is 1. The first-order valence-electron chi connectivity index (χ1n) is 8.10. The first-order valence-corrected chi connectivity index (χ1v) is 8.10. The van der Waals surface area contributed by atoms with Crippen LogP contribution in [-0.2, 0) is 0 Å². The minimum atomic E-state index is -0.260. The molecule has 1 heterocycles. The number of para-hydroxylation sites is 2. The fourth-order valence-corrected chi connectivity index (χ4v) is 2.77. The number of fused-ring (bicyclic) bond motifs is 1. The van der Waals surface area contributed by atoms with Gasteiger partial charge in [-0.2, -0.15) is 5.26 Å². The van der Waals surface area contributed by atoms with Gasteiger partial charge in [0.1, 0.15) is 5.82 Å². The number of nitriles is 1. The minimum Gasteiger partial charge on any atom is -0.338 e. The van der Waals surface area contributed by atoms with Gasteiger partial charge in [-0.25, -0.2) is 4.98 Å². The molecule has 0 aliphatic carbocycles. The highest BCUT2D eigenvalue weighted by molar-refractivity contribution is 6.04. The molecule has 0 aliphatic rings. The largest absolute Gasteiger partial charge is 0.338 e. The summed E-state index contributed by atoms with van der Waals surface area (Å²) in [6.07, 6.45) is 0. The molecule has 4 rings (SSSR count). The van der Waals surface area contributed by atoms with Crippen molar-refractivity contribution in [3.63, 3.8) is 0 Å². The molecule has 2 N–H and O–H groups in total. The van der Waals surface area contributed by atoms with E-state index in [1.165, 1.54) is 0 Å². The average molecular weight is 338 g/mol. The SMILES string of the molecule is N#Cc1cccc(C(=O)Nc2cccc(-c3nc4ccccc4[nH]3)c2)c1. The maximum atomic E-state index is 12.4. The third-order valence-corrected chi connectivity index (χ3v) is 4.04. The summed E-state index contributed by atoms with van der Waals surface area (Å²) in [6, 6.07) is 23.9. The van der Waals surface area contributed by atoms with E-state index in [2.05, 4.69) is 15.3 Å². The zero-order valence-corrected chi connectivity index (χ0v) is 13.7. The number of benzene rings is 3. The molecule has 0 fully saturated rings. The van der Waals surface area contributed by atoms with E-state index >= 15 is 0 Å². The fraction of sp³-hybridized carbons (Fsp3) is 0. The molecule has 0 aliphatic heterocycles. The Balaban J connectivity index is 1.61. The Bertz CT molecular complexity index is 1120. The highest BCUT2D eigenvalue weighted by Crippen LogP contribution is 2.23. The van der Waals surface area contributed by atoms with Crippen LogP contribution in [0, 0.1) is 11.3 Å². The van der Waals surface area contributed by atoms with Crippen molar-refractivity contribution in [3.8, 4) is 17.5 Å². The van der Waals surface area contributed by atoms with E-state index in [0.717, 1.165) is 22.4 Å². The molecule has 1 amide bonds. The van der Waals surface area contributed by atoms with E-state index in [9.17, 15) is 4.79 Å². The van der Waals surface area contributed by atoms with E-state index < -0.39 is 0 Å². The van der Waals surface area contributed by atoms with Crippen LogP contribution in [0.15, 0.2) is 72.8 Å². The van der Waals surface area contributed by atoms with Gasteiger partial charge in [0, 0.05) is 16.8 Å². The second kappa shape index (κ2) is 6.54. The number of hydrogen-bond donors (Lipinski definition) is 2. The molecule has 0 saturated heterocycles. The minimum absolute atomic E-state index is 0.260. The van der Waals surface area contributed by atoms with Gasteiger partial charge in [-0.05, 0) is 42.5 Å². The van der Waals surface area contributed by atoms with Gasteiger partial charge < -0.3 is 10.3 Å². The maximum Gasteiger partial charge on any atom is 0.255 e. The Hall–Kier alpha value is -3.91. The molecule has 0 spiro atoms. The molecule has 0 unspecified atom stereocenters. The molecule has 26 heavy (non-hydrogen) atoms. The molecule has 5 nitrogen and oxygen atoms in total. The number of nitrogens with one attached hydrogen (secondary N) is 2. The summed E-state index contributed by atoms with van der Waals surface area (Å²) < 4.78 is 0. The van der Waals surface area contributed by atoms with E-state index in [-0.39, 0.29) is 5.91 Å². The molecule has 1 aromatic heterocycles. The van der Waals surface area contributed by atoms with Crippen LogP contribution in [-0.4, -0.2) is 15.9 Å². The lowest BCUT2D eigenvalue weighted by molar-refractivity contribution is 0.102. The van der Waals surface area contributed by atoms with E-state index in [1.807, 2.05) is 54.6 Å². The van der Waals surface area contributed by atoms with Gasteiger partial charge in [0.05, 0.1) is 22.7 Å². The lowest BCUT2D eigenvalue weighted by Gasteiger charge is -2.07. The maximum absolute atomic E-state index is 12.4. The molecule has 0 radical (unpaired) electrons. The molecule has 5 heteroatoms. The molecule has 4 aromatic rings. The predicted molar refractivity (Wildman–Crippen MR) is 101 cm³/mol. The van der Waals surface area contributed by atoms with Gasteiger partial charge in [-0.15, -0.1) is 0 Å². The van der Waals surface area contributed by atoms with Crippen LogP contribution in [0.1, 0.15) is 15.9 Å². The van der Waals surface area contributed by atoms with Crippen molar-refractivity contribution >= 4 is 22.6 Å². The van der Waals surface area contributed by atoms with Crippen LogP contribution < -0.4 is 5.32 Å². The number of nitrogens with zero attached hydrogens (tertiary/aromatic N) is 2. The van der Waals surface area contributed by atoms with E-state index in [1.54, 1.807) is 24.3 Å². The molecule has 0 saturated carbocycles. The highest BCUT2D eigenvalue weighted by Gasteiger charge is 2.09. The molecular weight excluding hydrogens is 324 g/mol. The normalized spacial score (nSPS) is 10.4. The van der Waals surface area contributed by atoms with Gasteiger partial charge in [0.2, 0.25) is 0 Å². The summed E-state index contributed by atoms with van der Waals surface area (Å²) >= 11 is 0. The molecule has 3 aromatic carbocycles. The zero-order chi connectivity index (χ0) is 17.9. The Kier molecular flexibility index (Phi) is 3.92. The summed E-state index contributed by atoms with van der Waals surface area (Å²) in [4.78, 5) is 20.3. The summed E-state index contributed by atoms with van der Waals surface area (Å²) in [6.45, 7) is 0. The van der Waals surface area contributed by atoms with E-state index in [0.29, 0.717) is 16.8 Å². The second-order valence-electron chi connectivity index (χ2n) is 5.83. The third kappa shape index (κ3) is 3.04. The molecule has 0 bridgehead atoms. The number of H-pyrrole nitrogens is 1. The third-order valence-electron chi connectivity index (χ3n) is 4.04. The van der Waals surface area contributed by atoms with Gasteiger partial charge in [-0.1, -0.05) is 30.3 Å². The Morgan fingerprint density at radius 1 is 1.00 bits per heavy atom. The molecule has 124 valence electrons. The van der Waals surface area contributed by atoms with Crippen LogP contribution in [0.5, 0.6) is 0 Å². The first kappa shape index (κ1) is 15.6. The summed E-state index contributed by atoms with van der Waals surface area (Å²) in [5.41, 5.74) is 4.29. The van der Waals surface area contributed by atoms with Crippen LogP contribution in [0.2, 0.25) is 0 Å². The number of imidazole rings is 1. The standard InChI is InChI=1S/C21H14N4O/c22-13-14-5-3-7-16(11-14)21(26)23-17-8-4-6-15(12-17)20-24-18-9-1-2-10-19(18)25-20/h1-12H,(H,23,26)(H,24,25). The first-order chi connectivity index (χ1) is 12.7. The van der Waals surface area contributed by atoms with Crippen molar-refractivity contribution in [1.29, 1.82) is 5.26 Å². The van der Waals surface area contributed by atoms with Crippen LogP contribution >= 0.6 is 0 Å².